The molecule has 0 heterocycles. The first-order valence-electron chi connectivity index (χ1n) is 5.39. The van der Waals surface area contributed by atoms with Crippen molar-refractivity contribution in [1.29, 1.82) is 0 Å². The maximum atomic E-state index is 11.2. The van der Waals surface area contributed by atoms with E-state index in [4.69, 9.17) is 23.1 Å². The molecule has 19 heavy (non-hydrogen) atoms. The van der Waals surface area contributed by atoms with Gasteiger partial charge in [-0.1, -0.05) is 27.5 Å². The Hall–Kier alpha value is -1.72. The quantitative estimate of drug-likeness (QED) is 0.748. The van der Waals surface area contributed by atoms with Crippen molar-refractivity contribution in [3.8, 4) is 0 Å². The van der Waals surface area contributed by atoms with Crippen molar-refractivity contribution in [2.24, 2.45) is 5.73 Å². The van der Waals surface area contributed by atoms with E-state index >= 15 is 0 Å². The molecule has 0 spiro atoms. The molecule has 5 N–H and O–H groups in total. The van der Waals surface area contributed by atoms with Crippen molar-refractivity contribution in [3.63, 3.8) is 0 Å². The summed E-state index contributed by atoms with van der Waals surface area (Å²) in [5.41, 5.74) is 12.9. The van der Waals surface area contributed by atoms with Crippen LogP contribution in [0.5, 0.6) is 0 Å². The molecular formula is C13H11BrClN3O. The molecule has 4 nitrogen and oxygen atoms in total. The van der Waals surface area contributed by atoms with Crippen molar-refractivity contribution >= 4 is 50.5 Å². The smallest absolute Gasteiger partial charge is 0.250 e. The lowest BCUT2D eigenvalue weighted by atomic mass is 10.1. The van der Waals surface area contributed by atoms with Gasteiger partial charge in [0.15, 0.2) is 0 Å². The summed E-state index contributed by atoms with van der Waals surface area (Å²) in [6.45, 7) is 0. The van der Waals surface area contributed by atoms with E-state index in [-0.39, 0.29) is 5.56 Å². The maximum absolute atomic E-state index is 11.2. The summed E-state index contributed by atoms with van der Waals surface area (Å²) in [6, 6.07) is 10.4. The molecule has 2 aromatic rings. The third kappa shape index (κ3) is 3.19. The average molecular weight is 341 g/mol. The summed E-state index contributed by atoms with van der Waals surface area (Å²) in [5, 5.41) is 3.68. The van der Waals surface area contributed by atoms with E-state index < -0.39 is 5.91 Å². The molecule has 0 aliphatic heterocycles. The Kier molecular flexibility index (Phi) is 3.97. The zero-order valence-electron chi connectivity index (χ0n) is 9.78. The van der Waals surface area contributed by atoms with Crippen LogP contribution in [0.3, 0.4) is 0 Å². The first-order valence-corrected chi connectivity index (χ1v) is 6.56. The Morgan fingerprint density at radius 3 is 2.63 bits per heavy atom. The van der Waals surface area contributed by atoms with Crippen LogP contribution in [0.1, 0.15) is 10.4 Å². The second-order valence-electron chi connectivity index (χ2n) is 3.92. The van der Waals surface area contributed by atoms with Crippen LogP contribution in [0, 0.1) is 0 Å². The lowest BCUT2D eigenvalue weighted by Gasteiger charge is -2.11. The molecule has 0 bridgehead atoms. The number of rotatable bonds is 3. The summed E-state index contributed by atoms with van der Waals surface area (Å²) in [5.74, 6) is -0.568. The van der Waals surface area contributed by atoms with Crippen molar-refractivity contribution in [1.82, 2.24) is 0 Å². The van der Waals surface area contributed by atoms with Gasteiger partial charge in [-0.15, -0.1) is 0 Å². The van der Waals surface area contributed by atoms with Crippen LogP contribution in [0.25, 0.3) is 0 Å². The van der Waals surface area contributed by atoms with Gasteiger partial charge in [0.05, 0.1) is 16.3 Å². The van der Waals surface area contributed by atoms with Crippen molar-refractivity contribution in [3.05, 3.63) is 51.5 Å². The lowest BCUT2D eigenvalue weighted by Crippen LogP contribution is -2.13. The number of anilines is 3. The number of nitrogens with one attached hydrogen (secondary N) is 1. The molecule has 6 heteroatoms. The first-order chi connectivity index (χ1) is 8.97. The SMILES string of the molecule is NC(=O)c1cc(Nc2cc(Br)ccc2Cl)ccc1N. The van der Waals surface area contributed by atoms with Crippen LogP contribution in [0.2, 0.25) is 5.02 Å². The molecule has 0 aliphatic carbocycles. The number of halogens is 2. The largest absolute Gasteiger partial charge is 0.398 e. The predicted octanol–water partition coefficient (Wildman–Crippen LogP) is 3.53. The molecule has 0 aliphatic rings. The van der Waals surface area contributed by atoms with Crippen molar-refractivity contribution in [2.75, 3.05) is 11.1 Å². The number of primary amides is 1. The molecule has 0 atom stereocenters. The fraction of sp³-hybridized carbons (Fsp3) is 0. The average Bonchev–Trinajstić information content (AvgIpc) is 2.36. The Bertz CT molecular complexity index is 646. The number of hydrogen-bond donors (Lipinski definition) is 3. The van der Waals surface area contributed by atoms with Gasteiger partial charge in [-0.05, 0) is 36.4 Å². The maximum Gasteiger partial charge on any atom is 0.250 e. The van der Waals surface area contributed by atoms with Gasteiger partial charge in [-0.25, -0.2) is 0 Å². The molecule has 2 aromatic carbocycles. The molecule has 0 radical (unpaired) electrons. The number of nitrogens with two attached hydrogens (primary N) is 2. The van der Waals surface area contributed by atoms with Gasteiger partial charge < -0.3 is 16.8 Å². The zero-order valence-corrected chi connectivity index (χ0v) is 12.1. The zero-order chi connectivity index (χ0) is 14.0. The van der Waals surface area contributed by atoms with E-state index in [1.165, 1.54) is 0 Å². The number of carbonyl (C=O) groups excluding carboxylic acids is 1. The van der Waals surface area contributed by atoms with Crippen molar-refractivity contribution in [2.45, 2.75) is 0 Å². The van der Waals surface area contributed by atoms with Gasteiger partial charge in [-0.2, -0.15) is 0 Å². The number of hydrogen-bond acceptors (Lipinski definition) is 3. The molecule has 98 valence electrons. The number of carbonyl (C=O) groups is 1. The van der Waals surface area contributed by atoms with Crippen LogP contribution >= 0.6 is 27.5 Å². The molecule has 0 aromatic heterocycles. The van der Waals surface area contributed by atoms with Gasteiger partial charge in [0, 0.05) is 15.8 Å². The Labute approximate surface area is 123 Å². The minimum atomic E-state index is -0.568. The van der Waals surface area contributed by atoms with Gasteiger partial charge in [0.1, 0.15) is 0 Å². The Morgan fingerprint density at radius 2 is 1.95 bits per heavy atom. The van der Waals surface area contributed by atoms with Crippen LogP contribution < -0.4 is 16.8 Å². The van der Waals surface area contributed by atoms with Gasteiger partial charge in [-0.3, -0.25) is 4.79 Å². The minimum Gasteiger partial charge on any atom is -0.398 e. The Balaban J connectivity index is 2.36. The van der Waals surface area contributed by atoms with E-state index in [0.717, 1.165) is 10.2 Å². The molecule has 0 unspecified atom stereocenters. The number of nitrogen functional groups attached to an aromatic ring is 1. The summed E-state index contributed by atoms with van der Waals surface area (Å²) < 4.78 is 0.893. The molecular weight excluding hydrogens is 330 g/mol. The fourth-order valence-electron chi connectivity index (χ4n) is 1.60. The van der Waals surface area contributed by atoms with E-state index in [0.29, 0.717) is 16.4 Å². The normalized spacial score (nSPS) is 10.2. The highest BCUT2D eigenvalue weighted by Crippen LogP contribution is 2.29. The second kappa shape index (κ2) is 5.50. The first kappa shape index (κ1) is 13.7. The van der Waals surface area contributed by atoms with Gasteiger partial charge in [0.25, 0.3) is 5.91 Å². The topological polar surface area (TPSA) is 81.1 Å². The van der Waals surface area contributed by atoms with Crippen LogP contribution in [-0.2, 0) is 0 Å². The van der Waals surface area contributed by atoms with E-state index in [2.05, 4.69) is 21.2 Å². The third-order valence-electron chi connectivity index (χ3n) is 2.53. The summed E-state index contributed by atoms with van der Waals surface area (Å²) in [4.78, 5) is 11.2. The number of amides is 1. The summed E-state index contributed by atoms with van der Waals surface area (Å²) in [7, 11) is 0. The highest BCUT2D eigenvalue weighted by molar-refractivity contribution is 9.10. The van der Waals surface area contributed by atoms with Crippen LogP contribution in [-0.4, -0.2) is 5.91 Å². The monoisotopic (exact) mass is 339 g/mol. The van der Waals surface area contributed by atoms with E-state index in [1.54, 1.807) is 24.3 Å². The van der Waals surface area contributed by atoms with Crippen LogP contribution in [0.4, 0.5) is 17.1 Å². The van der Waals surface area contributed by atoms with Crippen LogP contribution in [0.15, 0.2) is 40.9 Å². The van der Waals surface area contributed by atoms with Gasteiger partial charge in [0.2, 0.25) is 0 Å². The van der Waals surface area contributed by atoms with Gasteiger partial charge >= 0.3 is 0 Å². The number of benzene rings is 2. The standard InChI is InChI=1S/C13H11BrClN3O/c14-7-1-3-10(15)12(5-7)18-8-2-4-11(16)9(6-8)13(17)19/h1-6,18H,16H2,(H2,17,19). The highest BCUT2D eigenvalue weighted by atomic mass is 79.9. The van der Waals surface area contributed by atoms with Crippen molar-refractivity contribution < 1.29 is 4.79 Å². The fourth-order valence-corrected chi connectivity index (χ4v) is 2.12. The molecule has 1 amide bonds. The summed E-state index contributed by atoms with van der Waals surface area (Å²) >= 11 is 9.45. The summed E-state index contributed by atoms with van der Waals surface area (Å²) in [6.07, 6.45) is 0. The highest BCUT2D eigenvalue weighted by Gasteiger charge is 2.08. The van der Waals surface area contributed by atoms with E-state index in [9.17, 15) is 4.79 Å². The molecule has 2 rings (SSSR count). The Morgan fingerprint density at radius 1 is 1.21 bits per heavy atom. The van der Waals surface area contributed by atoms with E-state index in [1.807, 2.05) is 12.1 Å². The predicted molar refractivity (Wildman–Crippen MR) is 81.8 cm³/mol. The molecule has 0 fully saturated rings. The molecule has 0 saturated carbocycles. The second-order valence-corrected chi connectivity index (χ2v) is 5.24. The minimum absolute atomic E-state index is 0.274. The third-order valence-corrected chi connectivity index (χ3v) is 3.35. The lowest BCUT2D eigenvalue weighted by molar-refractivity contribution is 0.100. The molecule has 0 saturated heterocycles.